The molecular formula is C20H14N2O5. The number of esters is 1. The molecule has 0 aliphatic heterocycles. The summed E-state index contributed by atoms with van der Waals surface area (Å²) in [5, 5.41) is 11.8. The van der Waals surface area contributed by atoms with Crippen molar-refractivity contribution in [2.24, 2.45) is 0 Å². The fourth-order valence-corrected chi connectivity index (χ4v) is 2.18. The molecule has 0 radical (unpaired) electrons. The SMILES string of the molecule is N#C/C(=C\c1ccc(OC(=O)c2ccco2)cc1)C(=O)NCc1ccco1. The number of nitrogens with one attached hydrogen (secondary N) is 1. The fraction of sp³-hybridized carbons (Fsp3) is 0.0500. The van der Waals surface area contributed by atoms with Crippen LogP contribution >= 0.6 is 0 Å². The van der Waals surface area contributed by atoms with Crippen LogP contribution in [0.5, 0.6) is 5.75 Å². The van der Waals surface area contributed by atoms with E-state index in [9.17, 15) is 14.9 Å². The topological polar surface area (TPSA) is 105 Å². The predicted octanol–water partition coefficient (Wildman–Crippen LogP) is 3.32. The van der Waals surface area contributed by atoms with E-state index in [1.54, 1.807) is 42.5 Å². The fourth-order valence-electron chi connectivity index (χ4n) is 2.18. The second-order valence-corrected chi connectivity index (χ2v) is 5.37. The highest BCUT2D eigenvalue weighted by Gasteiger charge is 2.12. The minimum absolute atomic E-state index is 0.0538. The molecule has 0 spiro atoms. The van der Waals surface area contributed by atoms with Gasteiger partial charge in [0.25, 0.3) is 5.91 Å². The zero-order valence-electron chi connectivity index (χ0n) is 14.0. The molecule has 134 valence electrons. The van der Waals surface area contributed by atoms with Crippen molar-refractivity contribution in [3.8, 4) is 11.8 Å². The first-order chi connectivity index (χ1) is 13.2. The van der Waals surface area contributed by atoms with Gasteiger partial charge in [-0.1, -0.05) is 12.1 Å². The molecule has 0 unspecified atom stereocenters. The molecule has 0 aliphatic carbocycles. The lowest BCUT2D eigenvalue weighted by Crippen LogP contribution is -2.23. The number of ether oxygens (including phenoxy) is 1. The van der Waals surface area contributed by atoms with Gasteiger partial charge in [-0.2, -0.15) is 5.26 Å². The summed E-state index contributed by atoms with van der Waals surface area (Å²) in [6.45, 7) is 0.187. The lowest BCUT2D eigenvalue weighted by Gasteiger charge is -2.04. The molecule has 3 rings (SSSR count). The van der Waals surface area contributed by atoms with E-state index in [0.717, 1.165) is 0 Å². The highest BCUT2D eigenvalue weighted by atomic mass is 16.5. The Balaban J connectivity index is 1.63. The quantitative estimate of drug-likeness (QED) is 0.312. The second-order valence-electron chi connectivity index (χ2n) is 5.37. The van der Waals surface area contributed by atoms with Crippen molar-refractivity contribution in [3.63, 3.8) is 0 Å². The van der Waals surface area contributed by atoms with Crippen molar-refractivity contribution in [3.05, 3.63) is 83.7 Å². The van der Waals surface area contributed by atoms with Crippen molar-refractivity contribution < 1.29 is 23.2 Å². The van der Waals surface area contributed by atoms with E-state index in [1.165, 1.54) is 24.7 Å². The van der Waals surface area contributed by atoms with Gasteiger partial charge in [-0.05, 0) is 48.0 Å². The number of nitrogens with zero attached hydrogens (tertiary/aromatic N) is 1. The number of rotatable bonds is 6. The third kappa shape index (κ3) is 4.74. The summed E-state index contributed by atoms with van der Waals surface area (Å²) in [4.78, 5) is 23.9. The number of benzene rings is 1. The molecule has 0 saturated heterocycles. The monoisotopic (exact) mass is 362 g/mol. The van der Waals surface area contributed by atoms with Gasteiger partial charge in [-0.3, -0.25) is 4.79 Å². The van der Waals surface area contributed by atoms with Crippen LogP contribution in [0.1, 0.15) is 21.9 Å². The molecule has 0 aliphatic rings. The number of amides is 1. The van der Waals surface area contributed by atoms with Crippen LogP contribution in [0, 0.1) is 11.3 Å². The Morgan fingerprint density at radius 2 is 1.81 bits per heavy atom. The van der Waals surface area contributed by atoms with E-state index in [0.29, 0.717) is 17.1 Å². The van der Waals surface area contributed by atoms with Gasteiger partial charge >= 0.3 is 5.97 Å². The molecule has 2 aromatic heterocycles. The maximum atomic E-state index is 12.1. The van der Waals surface area contributed by atoms with E-state index < -0.39 is 11.9 Å². The average Bonchev–Trinajstić information content (AvgIpc) is 3.39. The van der Waals surface area contributed by atoms with E-state index in [2.05, 4.69) is 5.32 Å². The Kier molecular flexibility index (Phi) is 5.50. The summed E-state index contributed by atoms with van der Waals surface area (Å²) in [6, 6.07) is 14.8. The van der Waals surface area contributed by atoms with E-state index in [4.69, 9.17) is 13.6 Å². The maximum Gasteiger partial charge on any atom is 0.379 e. The third-order valence-corrected chi connectivity index (χ3v) is 3.49. The minimum atomic E-state index is -0.613. The molecule has 1 amide bonds. The van der Waals surface area contributed by atoms with Gasteiger partial charge in [0.1, 0.15) is 23.2 Å². The van der Waals surface area contributed by atoms with Crippen molar-refractivity contribution in [2.75, 3.05) is 0 Å². The van der Waals surface area contributed by atoms with Crippen LogP contribution in [0.25, 0.3) is 6.08 Å². The molecule has 0 saturated carbocycles. The lowest BCUT2D eigenvalue weighted by molar-refractivity contribution is -0.117. The van der Waals surface area contributed by atoms with E-state index in [-0.39, 0.29) is 17.9 Å². The number of furan rings is 2. The molecule has 7 nitrogen and oxygen atoms in total. The Labute approximate surface area is 154 Å². The lowest BCUT2D eigenvalue weighted by atomic mass is 10.1. The van der Waals surface area contributed by atoms with Crippen LogP contribution in [0.4, 0.5) is 0 Å². The van der Waals surface area contributed by atoms with Gasteiger partial charge < -0.3 is 18.9 Å². The Morgan fingerprint density at radius 3 is 2.44 bits per heavy atom. The Bertz CT molecular complexity index is 978. The highest BCUT2D eigenvalue weighted by Crippen LogP contribution is 2.16. The maximum absolute atomic E-state index is 12.1. The highest BCUT2D eigenvalue weighted by molar-refractivity contribution is 6.01. The van der Waals surface area contributed by atoms with Gasteiger partial charge in [0.05, 0.1) is 19.1 Å². The molecule has 2 heterocycles. The summed E-state index contributed by atoms with van der Waals surface area (Å²) < 4.78 is 15.2. The van der Waals surface area contributed by atoms with Crippen LogP contribution in [0.3, 0.4) is 0 Å². The summed E-state index contributed by atoms with van der Waals surface area (Å²) in [5.74, 6) is -0.128. The molecule has 0 fully saturated rings. The first-order valence-electron chi connectivity index (χ1n) is 7.94. The average molecular weight is 362 g/mol. The molecule has 27 heavy (non-hydrogen) atoms. The summed E-state index contributed by atoms with van der Waals surface area (Å²) >= 11 is 0. The summed E-state index contributed by atoms with van der Waals surface area (Å²) in [7, 11) is 0. The van der Waals surface area contributed by atoms with E-state index >= 15 is 0 Å². The molecule has 7 heteroatoms. The molecular weight excluding hydrogens is 348 g/mol. The van der Waals surface area contributed by atoms with E-state index in [1.807, 2.05) is 6.07 Å². The van der Waals surface area contributed by atoms with Gasteiger partial charge in [0.15, 0.2) is 0 Å². The minimum Gasteiger partial charge on any atom is -0.467 e. The first kappa shape index (κ1) is 17.8. The van der Waals surface area contributed by atoms with Gasteiger partial charge in [0.2, 0.25) is 5.76 Å². The number of hydrogen-bond donors (Lipinski definition) is 1. The largest absolute Gasteiger partial charge is 0.467 e. The standard InChI is InChI=1S/C20H14N2O5/c21-12-15(19(23)22-13-17-3-1-9-25-17)11-14-5-7-16(8-6-14)27-20(24)18-4-2-10-26-18/h1-11H,13H2,(H,22,23)/b15-11+. The zero-order valence-corrected chi connectivity index (χ0v) is 14.0. The van der Waals surface area contributed by atoms with Crippen LogP contribution in [-0.2, 0) is 11.3 Å². The smallest absolute Gasteiger partial charge is 0.379 e. The number of carbonyl (C=O) groups excluding carboxylic acids is 2. The number of nitriles is 1. The predicted molar refractivity (Wildman–Crippen MR) is 94.3 cm³/mol. The van der Waals surface area contributed by atoms with Crippen molar-refractivity contribution >= 4 is 18.0 Å². The van der Waals surface area contributed by atoms with Gasteiger partial charge in [-0.15, -0.1) is 0 Å². The second kappa shape index (κ2) is 8.36. The van der Waals surface area contributed by atoms with Gasteiger partial charge in [-0.25, -0.2) is 4.79 Å². The first-order valence-corrected chi connectivity index (χ1v) is 7.94. The van der Waals surface area contributed by atoms with Crippen molar-refractivity contribution in [1.29, 1.82) is 5.26 Å². The van der Waals surface area contributed by atoms with Crippen LogP contribution in [0.2, 0.25) is 0 Å². The molecule has 0 atom stereocenters. The molecule has 1 N–H and O–H groups in total. The normalized spacial score (nSPS) is 10.9. The summed E-state index contributed by atoms with van der Waals surface area (Å²) in [6.07, 6.45) is 4.32. The van der Waals surface area contributed by atoms with Crippen LogP contribution in [0.15, 0.2) is 75.5 Å². The molecule has 1 aromatic carbocycles. The number of hydrogen-bond acceptors (Lipinski definition) is 6. The number of carbonyl (C=O) groups is 2. The molecule has 3 aromatic rings. The Hall–Kier alpha value is -4.05. The van der Waals surface area contributed by atoms with Crippen molar-refractivity contribution in [2.45, 2.75) is 6.54 Å². The van der Waals surface area contributed by atoms with Crippen LogP contribution < -0.4 is 10.1 Å². The van der Waals surface area contributed by atoms with Crippen LogP contribution in [-0.4, -0.2) is 11.9 Å². The zero-order chi connectivity index (χ0) is 19.1. The Morgan fingerprint density at radius 1 is 1.07 bits per heavy atom. The van der Waals surface area contributed by atoms with Gasteiger partial charge in [0, 0.05) is 0 Å². The third-order valence-electron chi connectivity index (χ3n) is 3.49. The summed E-state index contributed by atoms with van der Waals surface area (Å²) in [5.41, 5.74) is 0.555. The molecule has 0 bridgehead atoms. The van der Waals surface area contributed by atoms with Crippen molar-refractivity contribution in [1.82, 2.24) is 5.32 Å².